The van der Waals surface area contributed by atoms with Crippen LogP contribution in [0.25, 0.3) is 11.1 Å². The number of fused-ring (bicyclic) bond motifs is 3. The minimum absolute atomic E-state index is 0. The van der Waals surface area contributed by atoms with Crippen LogP contribution >= 0.6 is 0 Å². The quantitative estimate of drug-likeness (QED) is 0.342. The van der Waals surface area contributed by atoms with Gasteiger partial charge in [-0.25, -0.2) is 0 Å². The van der Waals surface area contributed by atoms with E-state index < -0.39 is 0 Å². The van der Waals surface area contributed by atoms with Gasteiger partial charge in [0.15, 0.2) is 0 Å². The van der Waals surface area contributed by atoms with E-state index in [-0.39, 0.29) is 72.7 Å². The van der Waals surface area contributed by atoms with Crippen LogP contribution < -0.4 is 24.8 Å². The molecule has 0 heterocycles. The van der Waals surface area contributed by atoms with Gasteiger partial charge in [-0.3, -0.25) is 0 Å². The average molecular weight is 725 g/mol. The van der Waals surface area contributed by atoms with Crippen LogP contribution in [0.15, 0.2) is 47.1 Å². The van der Waals surface area contributed by atoms with Crippen LogP contribution in [0.5, 0.6) is 0 Å². The molecule has 4 aliphatic rings. The minimum atomic E-state index is 0. The van der Waals surface area contributed by atoms with Crippen molar-refractivity contribution in [1.82, 2.24) is 0 Å². The van der Waals surface area contributed by atoms with Crippen LogP contribution in [-0.4, -0.2) is 0 Å². The van der Waals surface area contributed by atoms with Gasteiger partial charge in [0.2, 0.25) is 0 Å². The molecule has 0 nitrogen and oxygen atoms in total. The molecule has 0 radical (unpaired) electrons. The van der Waals surface area contributed by atoms with E-state index in [0.717, 1.165) is 11.8 Å². The minimum Gasteiger partial charge on any atom is -1.00 e. The molecule has 0 N–H and O–H groups in total. The van der Waals surface area contributed by atoms with E-state index >= 15 is 0 Å². The Hall–Kier alpha value is -0.617. The summed E-state index contributed by atoms with van der Waals surface area (Å²) in [4.78, 5) is 0. The maximum atomic E-state index is 2.71. The Balaban J connectivity index is 0.00000184. The fourth-order valence-electron chi connectivity index (χ4n) is 9.79. The summed E-state index contributed by atoms with van der Waals surface area (Å²) in [6, 6.07) is 10.4. The summed E-state index contributed by atoms with van der Waals surface area (Å²) >= 11 is 0. The molecule has 6 rings (SSSR count). The first-order chi connectivity index (χ1) is 19.4. The summed E-state index contributed by atoms with van der Waals surface area (Å²) in [6.45, 7) is 29.0. The second-order valence-electron chi connectivity index (χ2n) is 18.1. The zero-order valence-electron chi connectivity index (χ0n) is 30.3. The Bertz CT molecular complexity index is 1430. The molecule has 0 saturated heterocycles. The Morgan fingerprint density at radius 1 is 0.667 bits per heavy atom. The first-order valence-corrected chi connectivity index (χ1v) is 17.2. The summed E-state index contributed by atoms with van der Waals surface area (Å²) < 4.78 is 0. The monoisotopic (exact) mass is 722 g/mol. The molecule has 0 aromatic heterocycles. The molecule has 1 fully saturated rings. The summed E-state index contributed by atoms with van der Waals surface area (Å²) in [6.07, 6.45) is 12.4. The third kappa shape index (κ3) is 6.56. The number of allylic oxidation sites excluding steroid dienone is 4. The third-order valence-corrected chi connectivity index (χ3v) is 11.9. The van der Waals surface area contributed by atoms with E-state index in [2.05, 4.69) is 113 Å². The largest absolute Gasteiger partial charge is 2.00 e. The molecule has 1 saturated carbocycles. The van der Waals surface area contributed by atoms with E-state index in [1.807, 2.05) is 5.57 Å². The third-order valence-electron chi connectivity index (χ3n) is 11.9. The predicted octanol–water partition coefficient (Wildman–Crippen LogP) is 6.30. The molecule has 0 aliphatic heterocycles. The van der Waals surface area contributed by atoms with Crippen LogP contribution in [0.4, 0.5) is 0 Å². The van der Waals surface area contributed by atoms with Gasteiger partial charge in [0.1, 0.15) is 0 Å². The van der Waals surface area contributed by atoms with Gasteiger partial charge in [-0.1, -0.05) is 130 Å². The zero-order valence-corrected chi connectivity index (χ0v) is 34.3. The molecular weight excluding hydrogens is 667 g/mol. The molecule has 4 aliphatic carbocycles. The summed E-state index contributed by atoms with van der Waals surface area (Å²) in [5, 5.41) is 0. The van der Waals surface area contributed by atoms with Gasteiger partial charge in [0.05, 0.1) is 0 Å². The zero-order chi connectivity index (χ0) is 30.6. The fourth-order valence-corrected chi connectivity index (χ4v) is 9.79. The van der Waals surface area contributed by atoms with E-state index in [1.165, 1.54) is 78.3 Å². The van der Waals surface area contributed by atoms with Gasteiger partial charge in [-0.2, -0.15) is 0 Å². The maximum absolute atomic E-state index is 2.71. The van der Waals surface area contributed by atoms with E-state index in [0.29, 0.717) is 5.92 Å². The Labute approximate surface area is 308 Å². The predicted molar refractivity (Wildman–Crippen MR) is 183 cm³/mol. The molecule has 2 atom stereocenters. The Morgan fingerprint density at radius 3 is 1.56 bits per heavy atom. The van der Waals surface area contributed by atoms with Crippen molar-refractivity contribution in [3.8, 4) is 11.1 Å². The Morgan fingerprint density at radius 2 is 1.13 bits per heavy atom. The summed E-state index contributed by atoms with van der Waals surface area (Å²) in [5.41, 5.74) is 18.0. The van der Waals surface area contributed by atoms with Gasteiger partial charge >= 0.3 is 26.2 Å². The van der Waals surface area contributed by atoms with Crippen LogP contribution in [0.1, 0.15) is 153 Å². The Kier molecular flexibility index (Phi) is 11.2. The normalized spacial score (nSPS) is 23.5. The molecule has 3 heteroatoms. The van der Waals surface area contributed by atoms with Crippen LogP contribution in [0.3, 0.4) is 0 Å². The molecule has 2 aromatic rings. The van der Waals surface area contributed by atoms with Crippen molar-refractivity contribution in [3.63, 3.8) is 0 Å². The van der Waals surface area contributed by atoms with Gasteiger partial charge in [0, 0.05) is 11.3 Å². The van der Waals surface area contributed by atoms with Crippen LogP contribution in [-0.2, 0) is 37.0 Å². The molecular formula is C42H58Cl2Zr. The summed E-state index contributed by atoms with van der Waals surface area (Å²) in [5.74, 6) is 2.03. The van der Waals surface area contributed by atoms with Gasteiger partial charge in [0.25, 0.3) is 0 Å². The topological polar surface area (TPSA) is 0 Å². The first kappa shape index (κ1) is 38.8. The summed E-state index contributed by atoms with van der Waals surface area (Å²) in [7, 11) is 0. The molecule has 2 aromatic carbocycles. The fraction of sp³-hybridized carbons (Fsp3) is 0.619. The van der Waals surface area contributed by atoms with Crippen molar-refractivity contribution < 1.29 is 51.0 Å². The number of benzene rings is 2. The maximum Gasteiger partial charge on any atom is 2.00 e. The second kappa shape index (κ2) is 13.0. The number of halogens is 2. The van der Waals surface area contributed by atoms with Crippen LogP contribution in [0, 0.1) is 36.5 Å². The van der Waals surface area contributed by atoms with E-state index in [1.54, 1.807) is 22.3 Å². The SMILES string of the molecule is Cc1cc2c(cc1C(C)(C)C)-c1cc(C(C)(C)C)c(C)cc1C2C1(C)CC(C2CCCCC2)C2=C1C=C(C(C)(C)C)C2.[Cl-].[Cl-].[Zr+2]. The van der Waals surface area contributed by atoms with E-state index in [9.17, 15) is 0 Å². The van der Waals surface area contributed by atoms with Crippen molar-refractivity contribution in [2.75, 3.05) is 0 Å². The van der Waals surface area contributed by atoms with Gasteiger partial charge in [-0.15, -0.1) is 0 Å². The van der Waals surface area contributed by atoms with E-state index in [4.69, 9.17) is 0 Å². The number of aryl methyl sites for hydroxylation is 2. The molecule has 0 amide bonds. The first-order valence-electron chi connectivity index (χ1n) is 17.2. The van der Waals surface area contributed by atoms with Crippen molar-refractivity contribution >= 4 is 0 Å². The van der Waals surface area contributed by atoms with Crippen molar-refractivity contribution in [1.29, 1.82) is 0 Å². The van der Waals surface area contributed by atoms with Gasteiger partial charge < -0.3 is 24.8 Å². The van der Waals surface area contributed by atoms with Crippen molar-refractivity contribution in [2.45, 2.75) is 145 Å². The molecule has 244 valence electrons. The molecule has 2 unspecified atom stereocenters. The molecule has 0 spiro atoms. The number of rotatable bonds is 2. The van der Waals surface area contributed by atoms with Crippen LogP contribution in [0.2, 0.25) is 0 Å². The average Bonchev–Trinajstić information content (AvgIpc) is 3.53. The second-order valence-corrected chi connectivity index (χ2v) is 18.1. The molecule has 45 heavy (non-hydrogen) atoms. The van der Waals surface area contributed by atoms with Crippen molar-refractivity contribution in [3.05, 3.63) is 80.4 Å². The number of hydrogen-bond acceptors (Lipinski definition) is 0. The van der Waals surface area contributed by atoms with Crippen molar-refractivity contribution in [2.24, 2.45) is 22.7 Å². The smallest absolute Gasteiger partial charge is 1.00 e. The number of hydrogen-bond donors (Lipinski definition) is 0. The van der Waals surface area contributed by atoms with Gasteiger partial charge in [-0.05, 0) is 118 Å². The standard InChI is InChI=1S/C42H58.2ClH.Zr/c1-25-18-32-29(22-35(25)40(6,7)8)30-23-36(41(9,10)11)26(2)19-33(30)38(32)42(12)24-34(27-16-14-13-15-17-27)31-20-28(21-37(31)42)39(3,4)5;;;/h18-19,21-23,27,34,38H,13-17,20,24H2,1-12H3;2*1H;/q;;;+2/p-2. The molecule has 0 bridgehead atoms.